The van der Waals surface area contributed by atoms with E-state index in [9.17, 15) is 19.2 Å². The number of Topliss-reactive ketones (excluding diaryl/α,β-unsaturated/α-hetero) is 4. The molecule has 0 bridgehead atoms. The third-order valence-corrected chi connectivity index (χ3v) is 0. The molecule has 104 valence electrons. The average molecular weight is 415 g/mol. The summed E-state index contributed by atoms with van der Waals surface area (Å²) in [6.07, 6.45) is 0. The van der Waals surface area contributed by atoms with Crippen molar-refractivity contribution in [3.05, 3.63) is 0 Å². The SMILES string of the molecule is CC(C)=O.CC(C)=O.CC(C)=O.CC(C)=O.[Zr].[Zr]. The van der Waals surface area contributed by atoms with Crippen LogP contribution in [-0.2, 0) is 71.6 Å². The van der Waals surface area contributed by atoms with Crippen LogP contribution in [0.5, 0.6) is 0 Å². The number of rotatable bonds is 0. The Hall–Kier alpha value is 0.446. The third-order valence-electron chi connectivity index (χ3n) is 0. The second-order valence-corrected chi connectivity index (χ2v) is 3.63. The van der Waals surface area contributed by atoms with E-state index in [0.29, 0.717) is 0 Å². The quantitative estimate of drug-likeness (QED) is 0.610. The van der Waals surface area contributed by atoms with Crippen LogP contribution in [0.3, 0.4) is 0 Å². The molecular formula is C12H24O4Zr2. The molecule has 0 rings (SSSR count). The molecule has 0 saturated heterocycles. The minimum absolute atomic E-state index is 0. The molecule has 0 unspecified atom stereocenters. The molecule has 0 aliphatic carbocycles. The molecule has 0 N–H and O–H groups in total. The summed E-state index contributed by atoms with van der Waals surface area (Å²) in [6, 6.07) is 0. The van der Waals surface area contributed by atoms with Gasteiger partial charge < -0.3 is 19.2 Å². The van der Waals surface area contributed by atoms with Crippen molar-refractivity contribution < 1.29 is 71.6 Å². The predicted molar refractivity (Wildman–Crippen MR) is 65.4 cm³/mol. The first-order valence-corrected chi connectivity index (χ1v) is 4.82. The van der Waals surface area contributed by atoms with E-state index in [1.807, 2.05) is 0 Å². The zero-order valence-corrected chi connectivity index (χ0v) is 17.5. The van der Waals surface area contributed by atoms with Gasteiger partial charge in [-0.2, -0.15) is 0 Å². The molecule has 18 heavy (non-hydrogen) atoms. The van der Waals surface area contributed by atoms with E-state index >= 15 is 0 Å². The van der Waals surface area contributed by atoms with E-state index < -0.39 is 0 Å². The molecule has 0 aromatic carbocycles. The number of carbonyl (C=O) groups excluding carboxylic acids is 4. The van der Waals surface area contributed by atoms with E-state index in [1.54, 1.807) is 0 Å². The largest absolute Gasteiger partial charge is 0.300 e. The van der Waals surface area contributed by atoms with Crippen molar-refractivity contribution in [2.45, 2.75) is 55.4 Å². The van der Waals surface area contributed by atoms with Crippen LogP contribution in [0.2, 0.25) is 0 Å². The van der Waals surface area contributed by atoms with Crippen molar-refractivity contribution in [3.8, 4) is 0 Å². The molecule has 0 atom stereocenters. The summed E-state index contributed by atoms with van der Waals surface area (Å²) < 4.78 is 0. The van der Waals surface area contributed by atoms with Gasteiger partial charge >= 0.3 is 0 Å². The zero-order valence-electron chi connectivity index (χ0n) is 12.6. The summed E-state index contributed by atoms with van der Waals surface area (Å²) in [7, 11) is 0. The van der Waals surface area contributed by atoms with Crippen molar-refractivity contribution >= 4 is 23.1 Å². The summed E-state index contributed by atoms with van der Waals surface area (Å²) in [4.78, 5) is 37.8. The Morgan fingerprint density at radius 2 is 0.389 bits per heavy atom. The molecule has 4 nitrogen and oxygen atoms in total. The van der Waals surface area contributed by atoms with E-state index in [0.717, 1.165) is 0 Å². The second kappa shape index (κ2) is 30.5. The Kier molecular flexibility index (Phi) is 61.3. The van der Waals surface area contributed by atoms with Gasteiger partial charge in [0.15, 0.2) is 0 Å². The van der Waals surface area contributed by atoms with Crippen molar-refractivity contribution in [1.29, 1.82) is 0 Å². The molecular weight excluding hydrogens is 391 g/mol. The number of hydrogen-bond donors (Lipinski definition) is 0. The van der Waals surface area contributed by atoms with Crippen LogP contribution < -0.4 is 0 Å². The van der Waals surface area contributed by atoms with E-state index in [4.69, 9.17) is 0 Å². The van der Waals surface area contributed by atoms with E-state index in [1.165, 1.54) is 55.4 Å². The summed E-state index contributed by atoms with van der Waals surface area (Å²) >= 11 is 0. The van der Waals surface area contributed by atoms with Gasteiger partial charge in [0, 0.05) is 52.4 Å². The van der Waals surface area contributed by atoms with Gasteiger partial charge in [0.05, 0.1) is 0 Å². The summed E-state index contributed by atoms with van der Waals surface area (Å²) in [5, 5.41) is 0. The summed E-state index contributed by atoms with van der Waals surface area (Å²) in [5.41, 5.74) is 0. The fourth-order valence-electron chi connectivity index (χ4n) is 0. The first-order chi connectivity index (χ1) is 6.93. The molecule has 0 fully saturated rings. The molecule has 6 heteroatoms. The van der Waals surface area contributed by atoms with Gasteiger partial charge in [-0.15, -0.1) is 0 Å². The minimum atomic E-state index is 0. The molecule has 0 aliphatic heterocycles. The van der Waals surface area contributed by atoms with Gasteiger partial charge in [-0.25, -0.2) is 0 Å². The van der Waals surface area contributed by atoms with Crippen molar-refractivity contribution in [2.75, 3.05) is 0 Å². The average Bonchev–Trinajstić information content (AvgIpc) is 1.76. The number of hydrogen-bond acceptors (Lipinski definition) is 4. The normalized spacial score (nSPS) is 5.78. The molecule has 0 saturated carbocycles. The van der Waals surface area contributed by atoms with Crippen LogP contribution in [0.15, 0.2) is 0 Å². The van der Waals surface area contributed by atoms with Crippen LogP contribution in [-0.4, -0.2) is 23.1 Å². The van der Waals surface area contributed by atoms with Crippen molar-refractivity contribution in [1.82, 2.24) is 0 Å². The van der Waals surface area contributed by atoms with Crippen LogP contribution >= 0.6 is 0 Å². The van der Waals surface area contributed by atoms with E-state index in [-0.39, 0.29) is 75.5 Å². The Bertz CT molecular complexity index is 162. The smallest absolute Gasteiger partial charge is 0.126 e. The van der Waals surface area contributed by atoms with Crippen LogP contribution in [0, 0.1) is 0 Å². The molecule has 0 spiro atoms. The molecule has 0 amide bonds. The molecule has 0 aromatic heterocycles. The van der Waals surface area contributed by atoms with Gasteiger partial charge in [0.2, 0.25) is 0 Å². The molecule has 0 radical (unpaired) electrons. The molecule has 0 heterocycles. The Morgan fingerprint density at radius 3 is 0.389 bits per heavy atom. The second-order valence-electron chi connectivity index (χ2n) is 3.63. The Morgan fingerprint density at radius 1 is 0.389 bits per heavy atom. The fourth-order valence-corrected chi connectivity index (χ4v) is 0. The Labute approximate surface area is 149 Å². The number of carbonyl (C=O) groups is 4. The van der Waals surface area contributed by atoms with Gasteiger partial charge in [-0.1, -0.05) is 0 Å². The minimum Gasteiger partial charge on any atom is -0.300 e. The molecule has 0 aliphatic rings. The third kappa shape index (κ3) is 19700. The maximum atomic E-state index is 9.44. The molecule has 0 aromatic rings. The van der Waals surface area contributed by atoms with Crippen LogP contribution in [0.25, 0.3) is 0 Å². The van der Waals surface area contributed by atoms with Crippen molar-refractivity contribution in [3.63, 3.8) is 0 Å². The number of ketones is 4. The van der Waals surface area contributed by atoms with Gasteiger partial charge in [-0.3, -0.25) is 0 Å². The maximum absolute atomic E-state index is 9.44. The van der Waals surface area contributed by atoms with Gasteiger partial charge in [0.1, 0.15) is 23.1 Å². The predicted octanol–water partition coefficient (Wildman–Crippen LogP) is 2.38. The monoisotopic (exact) mass is 412 g/mol. The first-order valence-electron chi connectivity index (χ1n) is 4.82. The summed E-state index contributed by atoms with van der Waals surface area (Å²) in [5.74, 6) is 0.667. The van der Waals surface area contributed by atoms with Gasteiger partial charge in [-0.05, 0) is 55.4 Å². The first kappa shape index (κ1) is 36.2. The van der Waals surface area contributed by atoms with E-state index in [2.05, 4.69) is 0 Å². The van der Waals surface area contributed by atoms with Crippen LogP contribution in [0.4, 0.5) is 0 Å². The standard InChI is InChI=1S/4C3H6O.2Zr/c4*1-3(2)4;;/h4*1-2H3;;. The topological polar surface area (TPSA) is 68.3 Å². The van der Waals surface area contributed by atoms with Gasteiger partial charge in [0.25, 0.3) is 0 Å². The summed E-state index contributed by atoms with van der Waals surface area (Å²) in [6.45, 7) is 12.2. The van der Waals surface area contributed by atoms with Crippen LogP contribution in [0.1, 0.15) is 55.4 Å². The van der Waals surface area contributed by atoms with Crippen molar-refractivity contribution in [2.24, 2.45) is 0 Å². The maximum Gasteiger partial charge on any atom is 0.126 e. The fraction of sp³-hybridized carbons (Fsp3) is 0.667. The Balaban J connectivity index is -0.0000000257. The zero-order chi connectivity index (χ0) is 14.3.